The first-order chi connectivity index (χ1) is 11.1. The van der Waals surface area contributed by atoms with Crippen molar-refractivity contribution in [3.05, 3.63) is 48.2 Å². The second kappa shape index (κ2) is 6.77. The summed E-state index contributed by atoms with van der Waals surface area (Å²) >= 11 is 0. The molecule has 0 bridgehead atoms. The Balaban J connectivity index is 1.62. The molecule has 0 aliphatic carbocycles. The standard InChI is InChI=1S/C18H22N4O/c1-13(2)19-17-9-8-15(20-21-17)10-14-11-18(23)22(12-14)16-6-4-3-5-7-16/h3-9,13-14H,10-12H2,1-2H3,(H,19,21)/t14-/m0/s1. The van der Waals surface area contributed by atoms with Gasteiger partial charge in [-0.25, -0.2) is 0 Å². The minimum Gasteiger partial charge on any atom is -0.366 e. The number of carbonyl (C=O) groups is 1. The molecule has 3 rings (SSSR count). The van der Waals surface area contributed by atoms with E-state index >= 15 is 0 Å². The number of rotatable bonds is 5. The zero-order valence-electron chi connectivity index (χ0n) is 13.6. The first-order valence-electron chi connectivity index (χ1n) is 8.06. The molecular formula is C18H22N4O. The maximum Gasteiger partial charge on any atom is 0.227 e. The van der Waals surface area contributed by atoms with E-state index in [0.29, 0.717) is 18.4 Å². The molecule has 5 heteroatoms. The van der Waals surface area contributed by atoms with E-state index in [1.807, 2.05) is 47.4 Å². The highest BCUT2D eigenvalue weighted by Gasteiger charge is 2.30. The fourth-order valence-electron chi connectivity index (χ4n) is 2.91. The van der Waals surface area contributed by atoms with E-state index < -0.39 is 0 Å². The third-order valence-electron chi connectivity index (χ3n) is 3.93. The Bertz CT molecular complexity index is 654. The fourth-order valence-corrected chi connectivity index (χ4v) is 2.91. The molecule has 120 valence electrons. The summed E-state index contributed by atoms with van der Waals surface area (Å²) in [4.78, 5) is 14.1. The summed E-state index contributed by atoms with van der Waals surface area (Å²) in [7, 11) is 0. The molecule has 2 aromatic rings. The van der Waals surface area contributed by atoms with Gasteiger partial charge in [-0.2, -0.15) is 5.10 Å². The number of anilines is 2. The van der Waals surface area contributed by atoms with E-state index in [-0.39, 0.29) is 5.91 Å². The first-order valence-corrected chi connectivity index (χ1v) is 8.06. The van der Waals surface area contributed by atoms with Crippen LogP contribution in [-0.4, -0.2) is 28.7 Å². The zero-order valence-corrected chi connectivity index (χ0v) is 13.6. The van der Waals surface area contributed by atoms with Crippen LogP contribution in [0.5, 0.6) is 0 Å². The zero-order chi connectivity index (χ0) is 16.2. The lowest BCUT2D eigenvalue weighted by molar-refractivity contribution is -0.117. The molecule has 1 aromatic carbocycles. The number of amides is 1. The van der Waals surface area contributed by atoms with E-state index in [2.05, 4.69) is 29.4 Å². The van der Waals surface area contributed by atoms with Gasteiger partial charge in [0.2, 0.25) is 5.91 Å². The summed E-state index contributed by atoms with van der Waals surface area (Å²) in [5, 5.41) is 11.7. The Kier molecular flexibility index (Phi) is 4.55. The minimum atomic E-state index is 0.187. The van der Waals surface area contributed by atoms with Gasteiger partial charge >= 0.3 is 0 Å². The molecular weight excluding hydrogens is 288 g/mol. The molecule has 5 nitrogen and oxygen atoms in total. The van der Waals surface area contributed by atoms with Crippen LogP contribution in [0.25, 0.3) is 0 Å². The van der Waals surface area contributed by atoms with Gasteiger partial charge in [0, 0.05) is 24.7 Å². The largest absolute Gasteiger partial charge is 0.366 e. The van der Waals surface area contributed by atoms with Crippen molar-refractivity contribution < 1.29 is 4.79 Å². The molecule has 1 fully saturated rings. The lowest BCUT2D eigenvalue weighted by atomic mass is 10.0. The molecule has 1 N–H and O–H groups in total. The van der Waals surface area contributed by atoms with Crippen LogP contribution >= 0.6 is 0 Å². The van der Waals surface area contributed by atoms with Crippen LogP contribution in [0.4, 0.5) is 11.5 Å². The molecule has 1 aliphatic heterocycles. The normalized spacial score (nSPS) is 17.8. The number of nitrogens with one attached hydrogen (secondary N) is 1. The van der Waals surface area contributed by atoms with Crippen LogP contribution in [0.3, 0.4) is 0 Å². The first kappa shape index (κ1) is 15.5. The monoisotopic (exact) mass is 310 g/mol. The number of para-hydroxylation sites is 1. The molecule has 23 heavy (non-hydrogen) atoms. The van der Waals surface area contributed by atoms with Crippen molar-refractivity contribution >= 4 is 17.4 Å². The van der Waals surface area contributed by atoms with Gasteiger partial charge in [-0.05, 0) is 50.5 Å². The fraction of sp³-hybridized carbons (Fsp3) is 0.389. The highest BCUT2D eigenvalue weighted by molar-refractivity contribution is 5.95. The van der Waals surface area contributed by atoms with Crippen LogP contribution in [0.1, 0.15) is 26.0 Å². The third-order valence-corrected chi connectivity index (χ3v) is 3.93. The summed E-state index contributed by atoms with van der Waals surface area (Å²) in [6.07, 6.45) is 1.35. The molecule has 0 radical (unpaired) electrons. The van der Waals surface area contributed by atoms with Crippen LogP contribution in [0.15, 0.2) is 42.5 Å². The van der Waals surface area contributed by atoms with Gasteiger partial charge in [0.05, 0.1) is 5.69 Å². The molecule has 2 heterocycles. The maximum atomic E-state index is 12.2. The Morgan fingerprint density at radius 3 is 2.61 bits per heavy atom. The number of nitrogens with zero attached hydrogens (tertiary/aromatic N) is 3. The highest BCUT2D eigenvalue weighted by Crippen LogP contribution is 2.26. The molecule has 1 aliphatic rings. The van der Waals surface area contributed by atoms with Crippen molar-refractivity contribution in [2.45, 2.75) is 32.7 Å². The van der Waals surface area contributed by atoms with Gasteiger partial charge in [0.25, 0.3) is 0 Å². The molecule has 0 saturated carbocycles. The van der Waals surface area contributed by atoms with Crippen LogP contribution < -0.4 is 10.2 Å². The second-order valence-electron chi connectivity index (χ2n) is 6.32. The van der Waals surface area contributed by atoms with Crippen molar-refractivity contribution in [2.75, 3.05) is 16.8 Å². The van der Waals surface area contributed by atoms with Gasteiger partial charge in [0.15, 0.2) is 0 Å². The molecule has 1 saturated heterocycles. The Morgan fingerprint density at radius 2 is 1.96 bits per heavy atom. The summed E-state index contributed by atoms with van der Waals surface area (Å²) in [5.74, 6) is 1.27. The van der Waals surface area contributed by atoms with Crippen molar-refractivity contribution in [3.63, 3.8) is 0 Å². The number of carbonyl (C=O) groups excluding carboxylic acids is 1. The smallest absolute Gasteiger partial charge is 0.227 e. The minimum absolute atomic E-state index is 0.187. The van der Waals surface area contributed by atoms with Gasteiger partial charge < -0.3 is 10.2 Å². The van der Waals surface area contributed by atoms with E-state index in [1.165, 1.54) is 0 Å². The average molecular weight is 310 g/mol. The molecule has 1 atom stereocenters. The van der Waals surface area contributed by atoms with E-state index in [0.717, 1.165) is 30.2 Å². The molecule has 0 spiro atoms. The number of hydrogen-bond acceptors (Lipinski definition) is 4. The van der Waals surface area contributed by atoms with Gasteiger partial charge in [-0.3, -0.25) is 4.79 Å². The molecule has 1 aromatic heterocycles. The second-order valence-corrected chi connectivity index (χ2v) is 6.32. The number of aromatic nitrogens is 2. The van der Waals surface area contributed by atoms with Crippen LogP contribution in [0, 0.1) is 5.92 Å². The predicted octanol–water partition coefficient (Wildman–Crippen LogP) is 2.89. The molecule has 1 amide bonds. The summed E-state index contributed by atoms with van der Waals surface area (Å²) in [6, 6.07) is 14.1. The van der Waals surface area contributed by atoms with Crippen molar-refractivity contribution in [2.24, 2.45) is 5.92 Å². The maximum absolute atomic E-state index is 12.2. The topological polar surface area (TPSA) is 58.1 Å². The molecule has 0 unspecified atom stereocenters. The van der Waals surface area contributed by atoms with Crippen molar-refractivity contribution in [1.29, 1.82) is 0 Å². The summed E-state index contributed by atoms with van der Waals surface area (Å²) in [5.41, 5.74) is 1.91. The van der Waals surface area contributed by atoms with Crippen LogP contribution in [0.2, 0.25) is 0 Å². The van der Waals surface area contributed by atoms with E-state index in [4.69, 9.17) is 0 Å². The average Bonchev–Trinajstić information content (AvgIpc) is 2.90. The lowest BCUT2D eigenvalue weighted by Gasteiger charge is -2.16. The lowest BCUT2D eigenvalue weighted by Crippen LogP contribution is -2.24. The van der Waals surface area contributed by atoms with Gasteiger partial charge in [-0.1, -0.05) is 18.2 Å². The van der Waals surface area contributed by atoms with E-state index in [1.54, 1.807) is 0 Å². The summed E-state index contributed by atoms with van der Waals surface area (Å²) in [6.45, 7) is 4.88. The number of hydrogen-bond donors (Lipinski definition) is 1. The Labute approximate surface area is 136 Å². The van der Waals surface area contributed by atoms with Crippen molar-refractivity contribution in [3.8, 4) is 0 Å². The highest BCUT2D eigenvalue weighted by atomic mass is 16.2. The van der Waals surface area contributed by atoms with E-state index in [9.17, 15) is 4.79 Å². The Morgan fingerprint density at radius 1 is 1.17 bits per heavy atom. The third kappa shape index (κ3) is 3.86. The van der Waals surface area contributed by atoms with Crippen molar-refractivity contribution in [1.82, 2.24) is 10.2 Å². The predicted molar refractivity (Wildman–Crippen MR) is 91.4 cm³/mol. The van der Waals surface area contributed by atoms with Gasteiger partial charge in [-0.15, -0.1) is 5.10 Å². The quantitative estimate of drug-likeness (QED) is 0.922. The Hall–Kier alpha value is -2.43. The number of benzene rings is 1. The summed E-state index contributed by atoms with van der Waals surface area (Å²) < 4.78 is 0. The van der Waals surface area contributed by atoms with Crippen LogP contribution in [-0.2, 0) is 11.2 Å². The van der Waals surface area contributed by atoms with Gasteiger partial charge in [0.1, 0.15) is 5.82 Å². The SMILES string of the molecule is CC(C)Nc1ccc(C[C@H]2CC(=O)N(c3ccccc3)C2)nn1.